The predicted octanol–water partition coefficient (Wildman–Crippen LogP) is 2.55. The highest BCUT2D eigenvalue weighted by Crippen LogP contribution is 2.27. The summed E-state index contributed by atoms with van der Waals surface area (Å²) in [5.74, 6) is 0.968. The molecule has 0 bridgehead atoms. The molecule has 5 heteroatoms. The van der Waals surface area contributed by atoms with Gasteiger partial charge in [-0.05, 0) is 38.8 Å². The van der Waals surface area contributed by atoms with Crippen LogP contribution in [-0.2, 0) is 0 Å². The second kappa shape index (κ2) is 5.20. The van der Waals surface area contributed by atoms with Crippen molar-refractivity contribution >= 4 is 27.4 Å². The van der Waals surface area contributed by atoms with E-state index in [9.17, 15) is 0 Å². The molecule has 2 heterocycles. The molecule has 0 radical (unpaired) electrons. The van der Waals surface area contributed by atoms with E-state index in [1.165, 1.54) is 17.7 Å². The summed E-state index contributed by atoms with van der Waals surface area (Å²) in [4.78, 5) is 11.0. The van der Waals surface area contributed by atoms with Crippen molar-refractivity contribution in [2.75, 3.05) is 18.4 Å². The summed E-state index contributed by atoms with van der Waals surface area (Å²) in [5.41, 5.74) is 0. The predicted molar refractivity (Wildman–Crippen MR) is 76.3 cm³/mol. The highest BCUT2D eigenvalue weighted by molar-refractivity contribution is 7.18. The van der Waals surface area contributed by atoms with Crippen molar-refractivity contribution in [1.82, 2.24) is 15.3 Å². The maximum absolute atomic E-state index is 4.33. The number of fused-ring (bicyclic) bond motifs is 1. The smallest absolute Gasteiger partial charge is 0.138 e. The van der Waals surface area contributed by atoms with E-state index in [0.29, 0.717) is 0 Å². The Morgan fingerprint density at radius 1 is 1.33 bits per heavy atom. The van der Waals surface area contributed by atoms with Gasteiger partial charge in [0.15, 0.2) is 0 Å². The van der Waals surface area contributed by atoms with Gasteiger partial charge in [-0.2, -0.15) is 0 Å². The molecule has 2 aromatic rings. The fourth-order valence-electron chi connectivity index (χ4n) is 2.01. The van der Waals surface area contributed by atoms with E-state index < -0.39 is 0 Å². The molecule has 96 valence electrons. The highest BCUT2D eigenvalue weighted by atomic mass is 32.1. The molecule has 0 aromatic carbocycles. The Balaban J connectivity index is 1.56. The minimum absolute atomic E-state index is 0.801. The number of rotatable bonds is 6. The molecule has 1 aliphatic rings. The Kier molecular flexibility index (Phi) is 3.43. The van der Waals surface area contributed by atoms with Crippen LogP contribution in [-0.4, -0.2) is 29.1 Å². The molecule has 1 saturated carbocycles. The highest BCUT2D eigenvalue weighted by Gasteiger charge is 2.19. The van der Waals surface area contributed by atoms with Gasteiger partial charge >= 0.3 is 0 Å². The minimum Gasteiger partial charge on any atom is -0.369 e. The van der Waals surface area contributed by atoms with Crippen LogP contribution < -0.4 is 10.6 Å². The lowest BCUT2D eigenvalue weighted by molar-refractivity contribution is 0.658. The zero-order valence-corrected chi connectivity index (χ0v) is 11.4. The third-order valence-electron chi connectivity index (χ3n) is 3.11. The maximum atomic E-state index is 4.33. The van der Waals surface area contributed by atoms with Gasteiger partial charge in [0, 0.05) is 17.5 Å². The van der Waals surface area contributed by atoms with Crippen molar-refractivity contribution < 1.29 is 0 Å². The van der Waals surface area contributed by atoms with Crippen molar-refractivity contribution in [2.45, 2.75) is 32.2 Å². The summed E-state index contributed by atoms with van der Waals surface area (Å²) >= 11 is 1.72. The lowest BCUT2D eigenvalue weighted by Crippen LogP contribution is -2.20. The van der Waals surface area contributed by atoms with Gasteiger partial charge in [0.1, 0.15) is 17.0 Å². The molecule has 0 atom stereocenters. The molecule has 2 N–H and O–H groups in total. The van der Waals surface area contributed by atoms with Crippen LogP contribution in [0.4, 0.5) is 5.82 Å². The normalized spacial score (nSPS) is 15.2. The van der Waals surface area contributed by atoms with Gasteiger partial charge in [0.2, 0.25) is 0 Å². The molecule has 1 aliphatic carbocycles. The van der Waals surface area contributed by atoms with E-state index >= 15 is 0 Å². The monoisotopic (exact) mass is 262 g/mol. The molecule has 0 spiro atoms. The van der Waals surface area contributed by atoms with Gasteiger partial charge in [-0.3, -0.25) is 0 Å². The van der Waals surface area contributed by atoms with Gasteiger partial charge < -0.3 is 10.6 Å². The average molecular weight is 262 g/mol. The van der Waals surface area contributed by atoms with Crippen LogP contribution >= 0.6 is 11.3 Å². The number of thiophene rings is 1. The number of aromatic nitrogens is 2. The summed E-state index contributed by atoms with van der Waals surface area (Å²) in [6.07, 6.45) is 5.48. The molecule has 0 aliphatic heterocycles. The molecular formula is C13H18N4S. The summed E-state index contributed by atoms with van der Waals surface area (Å²) in [5, 5.41) is 8.07. The first-order valence-corrected chi connectivity index (χ1v) is 7.33. The molecule has 2 aromatic heterocycles. The van der Waals surface area contributed by atoms with E-state index in [0.717, 1.165) is 41.6 Å². The summed E-state index contributed by atoms with van der Waals surface area (Å²) in [6, 6.07) is 2.96. The first kappa shape index (κ1) is 11.9. The molecule has 0 saturated heterocycles. The Hall–Kier alpha value is -1.20. The molecular weight excluding hydrogens is 244 g/mol. The standard InChI is InChI=1S/C13H18N4S/c1-9-7-11-12(16-8-17-13(11)18-9)15-6-2-5-14-10-3-4-10/h7-8,10,14H,2-6H2,1H3,(H,15,16,17). The Labute approximate surface area is 111 Å². The summed E-state index contributed by atoms with van der Waals surface area (Å²) < 4.78 is 0. The molecule has 0 unspecified atom stereocenters. The molecule has 0 amide bonds. The lowest BCUT2D eigenvalue weighted by Gasteiger charge is -2.06. The van der Waals surface area contributed by atoms with Crippen LogP contribution in [0.2, 0.25) is 0 Å². The number of hydrogen-bond donors (Lipinski definition) is 2. The zero-order chi connectivity index (χ0) is 12.4. The summed E-state index contributed by atoms with van der Waals surface area (Å²) in [6.45, 7) is 4.16. The van der Waals surface area contributed by atoms with Gasteiger partial charge in [-0.1, -0.05) is 0 Å². The number of nitrogens with zero attached hydrogens (tertiary/aromatic N) is 2. The van der Waals surface area contributed by atoms with E-state index in [1.54, 1.807) is 17.7 Å². The largest absolute Gasteiger partial charge is 0.369 e. The van der Waals surface area contributed by atoms with E-state index in [1.807, 2.05) is 0 Å². The van der Waals surface area contributed by atoms with Gasteiger partial charge in [-0.15, -0.1) is 11.3 Å². The van der Waals surface area contributed by atoms with Gasteiger partial charge in [0.05, 0.1) is 5.39 Å². The SMILES string of the molecule is Cc1cc2c(NCCCNC3CC3)ncnc2s1. The average Bonchev–Trinajstić information content (AvgIpc) is 3.09. The Morgan fingerprint density at radius 3 is 3.06 bits per heavy atom. The van der Waals surface area contributed by atoms with Gasteiger partial charge in [-0.25, -0.2) is 9.97 Å². The van der Waals surface area contributed by atoms with Crippen LogP contribution in [0.3, 0.4) is 0 Å². The van der Waals surface area contributed by atoms with E-state index in [2.05, 4.69) is 33.6 Å². The van der Waals surface area contributed by atoms with Crippen LogP contribution in [0, 0.1) is 6.92 Å². The van der Waals surface area contributed by atoms with Crippen LogP contribution in [0.5, 0.6) is 0 Å². The molecule has 1 fully saturated rings. The number of anilines is 1. The zero-order valence-electron chi connectivity index (χ0n) is 10.6. The first-order valence-electron chi connectivity index (χ1n) is 6.51. The van der Waals surface area contributed by atoms with Crippen molar-refractivity contribution in [3.8, 4) is 0 Å². The third-order valence-corrected chi connectivity index (χ3v) is 4.07. The van der Waals surface area contributed by atoms with E-state index in [4.69, 9.17) is 0 Å². The fourth-order valence-corrected chi connectivity index (χ4v) is 2.85. The molecule has 3 rings (SSSR count). The van der Waals surface area contributed by atoms with Crippen LogP contribution in [0.1, 0.15) is 24.1 Å². The first-order chi connectivity index (χ1) is 8.83. The van der Waals surface area contributed by atoms with Crippen LogP contribution in [0.25, 0.3) is 10.2 Å². The maximum Gasteiger partial charge on any atom is 0.138 e. The van der Waals surface area contributed by atoms with E-state index in [-0.39, 0.29) is 0 Å². The summed E-state index contributed by atoms with van der Waals surface area (Å²) in [7, 11) is 0. The lowest BCUT2D eigenvalue weighted by atomic mass is 10.3. The fraction of sp³-hybridized carbons (Fsp3) is 0.538. The van der Waals surface area contributed by atoms with Crippen molar-refractivity contribution in [1.29, 1.82) is 0 Å². The second-order valence-corrected chi connectivity index (χ2v) is 6.04. The topological polar surface area (TPSA) is 49.8 Å². The molecule has 18 heavy (non-hydrogen) atoms. The molecule has 4 nitrogen and oxygen atoms in total. The van der Waals surface area contributed by atoms with Crippen molar-refractivity contribution in [3.63, 3.8) is 0 Å². The minimum atomic E-state index is 0.801. The van der Waals surface area contributed by atoms with Crippen LogP contribution in [0.15, 0.2) is 12.4 Å². The quantitative estimate of drug-likeness (QED) is 0.786. The van der Waals surface area contributed by atoms with Gasteiger partial charge in [0.25, 0.3) is 0 Å². The second-order valence-electron chi connectivity index (χ2n) is 4.81. The number of nitrogens with one attached hydrogen (secondary N) is 2. The Morgan fingerprint density at radius 2 is 2.22 bits per heavy atom. The Bertz CT molecular complexity index is 533. The third kappa shape index (κ3) is 2.79. The van der Waals surface area contributed by atoms with Crippen molar-refractivity contribution in [3.05, 3.63) is 17.3 Å². The number of hydrogen-bond acceptors (Lipinski definition) is 5. The van der Waals surface area contributed by atoms with Crippen molar-refractivity contribution in [2.24, 2.45) is 0 Å². The number of aryl methyl sites for hydroxylation is 1.